The topological polar surface area (TPSA) is 101 Å². The first-order valence-electron chi connectivity index (χ1n) is 5.52. The third-order valence-electron chi connectivity index (χ3n) is 3.25. The highest BCUT2D eigenvalue weighted by molar-refractivity contribution is 9.10. The molecule has 6 heteroatoms. The summed E-state index contributed by atoms with van der Waals surface area (Å²) >= 11 is 3.56. The van der Waals surface area contributed by atoms with Crippen LogP contribution in [0.4, 0.5) is 0 Å². The van der Waals surface area contributed by atoms with Gasteiger partial charge in [0.2, 0.25) is 0 Å². The van der Waals surface area contributed by atoms with Crippen molar-refractivity contribution in [2.45, 2.75) is 51.4 Å². The number of carbonyl (C=O) groups is 2. The minimum Gasteiger partial charge on any atom is -0.473 e. The molecule has 0 bridgehead atoms. The minimum absolute atomic E-state index is 0.224. The van der Waals surface area contributed by atoms with E-state index in [1.54, 1.807) is 0 Å². The average molecular weight is 312 g/mol. The zero-order valence-corrected chi connectivity index (χ0v) is 12.4. The summed E-state index contributed by atoms with van der Waals surface area (Å²) in [4.78, 5) is 18.2. The maximum atomic E-state index is 9.10. The zero-order chi connectivity index (χ0) is 14.3. The highest BCUT2D eigenvalue weighted by atomic mass is 79.9. The van der Waals surface area contributed by atoms with Crippen LogP contribution in [0.3, 0.4) is 0 Å². The molecule has 0 aliphatic rings. The molecule has 0 rings (SSSR count). The SMILES string of the molecule is CCC(CC)(CC)C(C)(N)Br.O=C(O)C(=O)O. The molecule has 0 fully saturated rings. The van der Waals surface area contributed by atoms with E-state index in [9.17, 15) is 0 Å². The summed E-state index contributed by atoms with van der Waals surface area (Å²) in [5.41, 5.74) is 6.32. The van der Waals surface area contributed by atoms with E-state index in [1.165, 1.54) is 0 Å². The Kier molecular flexibility index (Phi) is 8.44. The lowest BCUT2D eigenvalue weighted by atomic mass is 9.74. The molecule has 1 unspecified atom stereocenters. The number of rotatable bonds is 4. The van der Waals surface area contributed by atoms with Crippen molar-refractivity contribution in [2.24, 2.45) is 11.1 Å². The minimum atomic E-state index is -1.82. The summed E-state index contributed by atoms with van der Waals surface area (Å²) < 4.78 is -0.224. The van der Waals surface area contributed by atoms with E-state index in [-0.39, 0.29) is 9.86 Å². The molecule has 1 atom stereocenters. The molecule has 17 heavy (non-hydrogen) atoms. The van der Waals surface area contributed by atoms with Gasteiger partial charge < -0.3 is 15.9 Å². The van der Waals surface area contributed by atoms with Crippen molar-refractivity contribution in [3.8, 4) is 0 Å². The number of carboxylic acids is 2. The van der Waals surface area contributed by atoms with Crippen LogP contribution in [0.5, 0.6) is 0 Å². The van der Waals surface area contributed by atoms with Crippen LogP contribution >= 0.6 is 15.9 Å². The summed E-state index contributed by atoms with van der Waals surface area (Å²) in [5.74, 6) is -3.65. The molecule has 0 aromatic rings. The van der Waals surface area contributed by atoms with Crippen molar-refractivity contribution in [3.05, 3.63) is 0 Å². The van der Waals surface area contributed by atoms with Crippen LogP contribution in [0.2, 0.25) is 0 Å². The Hall–Kier alpha value is -0.620. The number of nitrogens with two attached hydrogens (primary N) is 1. The smallest absolute Gasteiger partial charge is 0.414 e. The quantitative estimate of drug-likeness (QED) is 0.420. The van der Waals surface area contributed by atoms with Gasteiger partial charge in [-0.2, -0.15) is 0 Å². The third kappa shape index (κ3) is 6.02. The van der Waals surface area contributed by atoms with Crippen LogP contribution in [0, 0.1) is 5.41 Å². The van der Waals surface area contributed by atoms with Crippen LogP contribution in [0.25, 0.3) is 0 Å². The molecular weight excluding hydrogens is 290 g/mol. The Labute approximate surface area is 111 Å². The molecule has 0 aromatic carbocycles. The molecule has 0 spiro atoms. The van der Waals surface area contributed by atoms with Gasteiger partial charge in [-0.1, -0.05) is 36.7 Å². The molecule has 0 aliphatic heterocycles. The molecule has 5 nitrogen and oxygen atoms in total. The van der Waals surface area contributed by atoms with Crippen LogP contribution in [-0.2, 0) is 9.59 Å². The maximum absolute atomic E-state index is 9.10. The van der Waals surface area contributed by atoms with Crippen molar-refractivity contribution in [3.63, 3.8) is 0 Å². The van der Waals surface area contributed by atoms with Crippen LogP contribution < -0.4 is 5.73 Å². The number of hydrogen-bond donors (Lipinski definition) is 3. The second-order valence-electron chi connectivity index (χ2n) is 4.03. The molecule has 0 aromatic heterocycles. The lowest BCUT2D eigenvalue weighted by Crippen LogP contribution is -2.47. The van der Waals surface area contributed by atoms with Crippen LogP contribution in [-0.4, -0.2) is 26.6 Å². The molecular formula is C11H22BrNO4. The normalized spacial score (nSPS) is 14.2. The highest BCUT2D eigenvalue weighted by Gasteiger charge is 2.39. The van der Waals surface area contributed by atoms with E-state index < -0.39 is 11.9 Å². The molecule has 102 valence electrons. The van der Waals surface area contributed by atoms with Gasteiger partial charge >= 0.3 is 11.9 Å². The van der Waals surface area contributed by atoms with Gasteiger partial charge in [-0.15, -0.1) is 0 Å². The first kappa shape index (κ1) is 18.7. The fraction of sp³-hybridized carbons (Fsp3) is 0.818. The van der Waals surface area contributed by atoms with E-state index in [0.717, 1.165) is 19.3 Å². The van der Waals surface area contributed by atoms with Gasteiger partial charge in [0.25, 0.3) is 0 Å². The molecule has 4 N–H and O–H groups in total. The fourth-order valence-electron chi connectivity index (χ4n) is 1.79. The van der Waals surface area contributed by atoms with Gasteiger partial charge in [0.15, 0.2) is 0 Å². The Morgan fingerprint density at radius 1 is 1.06 bits per heavy atom. The van der Waals surface area contributed by atoms with E-state index in [2.05, 4.69) is 43.6 Å². The molecule has 0 amide bonds. The molecule has 0 radical (unpaired) electrons. The predicted octanol–water partition coefficient (Wildman–Crippen LogP) is 2.43. The summed E-state index contributed by atoms with van der Waals surface area (Å²) in [7, 11) is 0. The first-order valence-corrected chi connectivity index (χ1v) is 6.31. The van der Waals surface area contributed by atoms with E-state index in [4.69, 9.17) is 25.5 Å². The summed E-state index contributed by atoms with van der Waals surface area (Å²) in [6.45, 7) is 8.68. The van der Waals surface area contributed by atoms with Crippen molar-refractivity contribution < 1.29 is 19.8 Å². The largest absolute Gasteiger partial charge is 0.473 e. The average Bonchev–Trinajstić information content (AvgIpc) is 2.19. The monoisotopic (exact) mass is 311 g/mol. The summed E-state index contributed by atoms with van der Waals surface area (Å²) in [6.07, 6.45) is 3.41. The molecule has 0 saturated carbocycles. The van der Waals surface area contributed by atoms with E-state index in [0.29, 0.717) is 0 Å². The van der Waals surface area contributed by atoms with Crippen molar-refractivity contribution in [1.29, 1.82) is 0 Å². The third-order valence-corrected chi connectivity index (χ3v) is 4.09. The summed E-state index contributed by atoms with van der Waals surface area (Å²) in [6, 6.07) is 0. The zero-order valence-electron chi connectivity index (χ0n) is 10.8. The Morgan fingerprint density at radius 2 is 1.29 bits per heavy atom. The Bertz CT molecular complexity index is 236. The number of carboxylic acid groups (broad SMARTS) is 2. The highest BCUT2D eigenvalue weighted by Crippen LogP contribution is 2.43. The van der Waals surface area contributed by atoms with E-state index in [1.807, 2.05) is 0 Å². The summed E-state index contributed by atoms with van der Waals surface area (Å²) in [5, 5.41) is 14.8. The Balaban J connectivity index is 0. The second-order valence-corrected chi connectivity index (χ2v) is 5.67. The number of aliphatic carboxylic acids is 2. The number of alkyl halides is 1. The van der Waals surface area contributed by atoms with Gasteiger partial charge in [0.1, 0.15) is 0 Å². The van der Waals surface area contributed by atoms with Crippen LogP contribution in [0.15, 0.2) is 0 Å². The van der Waals surface area contributed by atoms with E-state index >= 15 is 0 Å². The molecule has 0 saturated heterocycles. The van der Waals surface area contributed by atoms with Crippen LogP contribution in [0.1, 0.15) is 47.0 Å². The first-order chi connectivity index (χ1) is 7.57. The number of hydrogen-bond acceptors (Lipinski definition) is 3. The van der Waals surface area contributed by atoms with Gasteiger partial charge in [-0.05, 0) is 31.6 Å². The van der Waals surface area contributed by atoms with Gasteiger partial charge in [-0.3, -0.25) is 0 Å². The van der Waals surface area contributed by atoms with Gasteiger partial charge in [-0.25, -0.2) is 9.59 Å². The van der Waals surface area contributed by atoms with Crippen molar-refractivity contribution >= 4 is 27.9 Å². The number of halogens is 1. The maximum Gasteiger partial charge on any atom is 0.414 e. The fourth-order valence-corrected chi connectivity index (χ4v) is 2.63. The van der Waals surface area contributed by atoms with Crippen molar-refractivity contribution in [1.82, 2.24) is 0 Å². The second kappa shape index (κ2) is 7.66. The Morgan fingerprint density at radius 3 is 1.29 bits per heavy atom. The molecule has 0 aliphatic carbocycles. The predicted molar refractivity (Wildman–Crippen MR) is 70.1 cm³/mol. The lowest BCUT2D eigenvalue weighted by Gasteiger charge is -2.41. The van der Waals surface area contributed by atoms with Gasteiger partial charge in [0.05, 0.1) is 4.45 Å². The molecule has 0 heterocycles. The van der Waals surface area contributed by atoms with Gasteiger partial charge in [0, 0.05) is 0 Å². The lowest BCUT2D eigenvalue weighted by molar-refractivity contribution is -0.159. The van der Waals surface area contributed by atoms with Crippen molar-refractivity contribution in [2.75, 3.05) is 0 Å². The standard InChI is InChI=1S/C9H20BrN.C2H2O4/c1-5-9(6-2,7-3)8(4,10)11;3-1(4)2(5)6/h5-7,11H2,1-4H3;(H,3,4)(H,5,6).